The van der Waals surface area contributed by atoms with Crippen LogP contribution in [0.3, 0.4) is 0 Å². The Labute approximate surface area is 146 Å². The summed E-state index contributed by atoms with van der Waals surface area (Å²) in [6, 6.07) is 13.4. The first-order chi connectivity index (χ1) is 12.2. The molecule has 1 saturated heterocycles. The molecule has 6 nitrogen and oxygen atoms in total. The smallest absolute Gasteiger partial charge is 0.321 e. The number of likely N-dealkylation sites (tertiary alicyclic amines) is 1. The third kappa shape index (κ3) is 3.20. The number of nitrogens with one attached hydrogen (secondary N) is 1. The quantitative estimate of drug-likeness (QED) is 0.930. The summed E-state index contributed by atoms with van der Waals surface area (Å²) in [6.07, 6.45) is 0.959. The van der Waals surface area contributed by atoms with E-state index in [1.807, 2.05) is 29.2 Å². The largest absolute Gasteiger partial charge is 0.497 e. The summed E-state index contributed by atoms with van der Waals surface area (Å²) in [7, 11) is 1.66. The van der Waals surface area contributed by atoms with Crippen LogP contribution in [0, 0.1) is 0 Å². The van der Waals surface area contributed by atoms with Crippen molar-refractivity contribution in [2.45, 2.75) is 12.3 Å². The lowest BCUT2D eigenvalue weighted by molar-refractivity contribution is 0.174. The fourth-order valence-corrected chi connectivity index (χ4v) is 3.27. The maximum absolute atomic E-state index is 12.5. The molecular weight excluding hydrogens is 320 g/mol. The third-order valence-electron chi connectivity index (χ3n) is 4.69. The first-order valence-corrected chi connectivity index (χ1v) is 8.32. The van der Waals surface area contributed by atoms with Crippen LogP contribution in [0.15, 0.2) is 42.5 Å². The Hall–Kier alpha value is -2.89. The van der Waals surface area contributed by atoms with E-state index in [9.17, 15) is 4.79 Å². The molecule has 0 radical (unpaired) electrons. The van der Waals surface area contributed by atoms with Crippen LogP contribution in [0.25, 0.3) is 0 Å². The van der Waals surface area contributed by atoms with E-state index in [1.54, 1.807) is 13.2 Å². The zero-order valence-corrected chi connectivity index (χ0v) is 14.0. The van der Waals surface area contributed by atoms with Crippen molar-refractivity contribution in [3.63, 3.8) is 0 Å². The Bertz CT molecular complexity index is 775. The first-order valence-electron chi connectivity index (χ1n) is 8.32. The van der Waals surface area contributed by atoms with Gasteiger partial charge in [-0.2, -0.15) is 0 Å². The summed E-state index contributed by atoms with van der Waals surface area (Å²) in [5.74, 6) is 2.57. The number of rotatable bonds is 3. The molecular formula is C19H20N2O4. The lowest BCUT2D eigenvalue weighted by atomic mass is 9.98. The number of urea groups is 1. The van der Waals surface area contributed by atoms with E-state index in [2.05, 4.69) is 17.4 Å². The Morgan fingerprint density at radius 2 is 1.96 bits per heavy atom. The molecule has 0 spiro atoms. The van der Waals surface area contributed by atoms with E-state index in [0.29, 0.717) is 29.6 Å². The normalized spacial score (nSPS) is 18.3. The van der Waals surface area contributed by atoms with Gasteiger partial charge in [0, 0.05) is 30.8 Å². The summed E-state index contributed by atoms with van der Waals surface area (Å²) in [6.45, 7) is 1.68. The van der Waals surface area contributed by atoms with Crippen LogP contribution in [-0.4, -0.2) is 37.9 Å². The van der Waals surface area contributed by atoms with Crippen molar-refractivity contribution in [1.29, 1.82) is 0 Å². The molecule has 0 aromatic heterocycles. The van der Waals surface area contributed by atoms with Gasteiger partial charge in [-0.25, -0.2) is 4.79 Å². The Morgan fingerprint density at radius 1 is 1.16 bits per heavy atom. The predicted molar refractivity (Wildman–Crippen MR) is 93.5 cm³/mol. The number of carbonyl (C=O) groups excluding carboxylic acids is 1. The Kier molecular flexibility index (Phi) is 4.09. The molecule has 2 amide bonds. The third-order valence-corrected chi connectivity index (χ3v) is 4.69. The highest BCUT2D eigenvalue weighted by molar-refractivity contribution is 5.90. The standard InChI is InChI=1S/C19H20N2O4/c1-23-16-5-2-13(3-6-16)14-8-9-21(11-14)19(22)20-15-4-7-17-18(10-15)25-12-24-17/h2-7,10,14H,8-9,11-12H2,1H3,(H,20,22). The second-order valence-electron chi connectivity index (χ2n) is 6.20. The van der Waals surface area contributed by atoms with Crippen molar-refractivity contribution < 1.29 is 19.0 Å². The van der Waals surface area contributed by atoms with Crippen LogP contribution in [0.5, 0.6) is 17.2 Å². The van der Waals surface area contributed by atoms with Gasteiger partial charge in [-0.15, -0.1) is 0 Å². The van der Waals surface area contributed by atoms with Crippen LogP contribution in [-0.2, 0) is 0 Å². The molecule has 2 heterocycles. The molecule has 2 aliphatic rings. The molecule has 1 fully saturated rings. The summed E-state index contributed by atoms with van der Waals surface area (Å²) in [4.78, 5) is 14.4. The number of nitrogens with zero attached hydrogens (tertiary/aromatic N) is 1. The molecule has 25 heavy (non-hydrogen) atoms. The van der Waals surface area contributed by atoms with E-state index >= 15 is 0 Å². The maximum Gasteiger partial charge on any atom is 0.321 e. The zero-order chi connectivity index (χ0) is 17.2. The van der Waals surface area contributed by atoms with Crippen molar-refractivity contribution in [2.24, 2.45) is 0 Å². The molecule has 130 valence electrons. The van der Waals surface area contributed by atoms with Crippen molar-refractivity contribution in [3.05, 3.63) is 48.0 Å². The predicted octanol–water partition coefficient (Wildman–Crippen LogP) is 3.45. The van der Waals surface area contributed by atoms with E-state index in [0.717, 1.165) is 18.7 Å². The molecule has 2 aliphatic heterocycles. The van der Waals surface area contributed by atoms with Crippen LogP contribution in [0.1, 0.15) is 17.9 Å². The average molecular weight is 340 g/mol. The van der Waals surface area contributed by atoms with Crippen LogP contribution >= 0.6 is 0 Å². The molecule has 1 N–H and O–H groups in total. The highest BCUT2D eigenvalue weighted by Gasteiger charge is 2.27. The number of methoxy groups -OCH3 is 1. The number of benzene rings is 2. The number of carbonyl (C=O) groups is 1. The molecule has 2 aromatic carbocycles. The summed E-state index contributed by atoms with van der Waals surface area (Å²) >= 11 is 0. The van der Waals surface area contributed by atoms with E-state index in [4.69, 9.17) is 14.2 Å². The van der Waals surface area contributed by atoms with Gasteiger partial charge < -0.3 is 24.4 Å². The number of anilines is 1. The Balaban J connectivity index is 1.38. The number of hydrogen-bond acceptors (Lipinski definition) is 4. The maximum atomic E-state index is 12.5. The highest BCUT2D eigenvalue weighted by atomic mass is 16.7. The van der Waals surface area contributed by atoms with Gasteiger partial charge >= 0.3 is 6.03 Å². The molecule has 2 aromatic rings. The second kappa shape index (κ2) is 6.55. The second-order valence-corrected chi connectivity index (χ2v) is 6.20. The SMILES string of the molecule is COc1ccc(C2CCN(C(=O)Nc3ccc4c(c3)OCO4)C2)cc1. The Morgan fingerprint density at radius 3 is 2.76 bits per heavy atom. The molecule has 1 unspecified atom stereocenters. The highest BCUT2D eigenvalue weighted by Crippen LogP contribution is 2.34. The monoisotopic (exact) mass is 340 g/mol. The minimum Gasteiger partial charge on any atom is -0.497 e. The number of fused-ring (bicyclic) bond motifs is 1. The van der Waals surface area contributed by atoms with E-state index in [-0.39, 0.29) is 12.8 Å². The van der Waals surface area contributed by atoms with Crippen LogP contribution in [0.2, 0.25) is 0 Å². The van der Waals surface area contributed by atoms with Gasteiger partial charge in [-0.1, -0.05) is 12.1 Å². The molecule has 6 heteroatoms. The first kappa shape index (κ1) is 15.6. The van der Waals surface area contributed by atoms with E-state index < -0.39 is 0 Å². The molecule has 1 atom stereocenters. The topological polar surface area (TPSA) is 60.0 Å². The van der Waals surface area contributed by atoms with Gasteiger partial charge in [0.25, 0.3) is 0 Å². The average Bonchev–Trinajstić information content (AvgIpc) is 3.31. The number of amides is 2. The van der Waals surface area contributed by atoms with Gasteiger partial charge in [0.1, 0.15) is 5.75 Å². The molecule has 0 saturated carbocycles. The number of ether oxygens (including phenoxy) is 3. The zero-order valence-electron chi connectivity index (χ0n) is 14.0. The van der Waals surface area contributed by atoms with Crippen LogP contribution in [0.4, 0.5) is 10.5 Å². The van der Waals surface area contributed by atoms with Crippen molar-refractivity contribution in [2.75, 3.05) is 32.3 Å². The number of hydrogen-bond donors (Lipinski definition) is 1. The summed E-state index contributed by atoms with van der Waals surface area (Å²) in [5, 5.41) is 2.94. The summed E-state index contributed by atoms with van der Waals surface area (Å²) in [5.41, 5.74) is 1.95. The lowest BCUT2D eigenvalue weighted by Gasteiger charge is -2.18. The van der Waals surface area contributed by atoms with Crippen molar-refractivity contribution in [3.8, 4) is 17.2 Å². The van der Waals surface area contributed by atoms with Gasteiger partial charge in [-0.05, 0) is 36.2 Å². The molecule has 4 rings (SSSR count). The minimum atomic E-state index is -0.0881. The fraction of sp³-hybridized carbons (Fsp3) is 0.316. The minimum absolute atomic E-state index is 0.0881. The summed E-state index contributed by atoms with van der Waals surface area (Å²) < 4.78 is 15.8. The lowest BCUT2D eigenvalue weighted by Crippen LogP contribution is -2.32. The van der Waals surface area contributed by atoms with Gasteiger partial charge in [0.15, 0.2) is 11.5 Å². The van der Waals surface area contributed by atoms with Crippen molar-refractivity contribution >= 4 is 11.7 Å². The molecule has 0 bridgehead atoms. The van der Waals surface area contributed by atoms with Gasteiger partial charge in [-0.3, -0.25) is 0 Å². The fourth-order valence-electron chi connectivity index (χ4n) is 3.27. The van der Waals surface area contributed by atoms with E-state index in [1.165, 1.54) is 5.56 Å². The van der Waals surface area contributed by atoms with Gasteiger partial charge in [0.05, 0.1) is 7.11 Å². The van der Waals surface area contributed by atoms with Crippen LogP contribution < -0.4 is 19.5 Å². The molecule has 0 aliphatic carbocycles. The van der Waals surface area contributed by atoms with Gasteiger partial charge in [0.2, 0.25) is 6.79 Å². The van der Waals surface area contributed by atoms with Crippen molar-refractivity contribution in [1.82, 2.24) is 4.90 Å².